The van der Waals surface area contributed by atoms with Crippen LogP contribution >= 0.6 is 0 Å². The maximum Gasteiger partial charge on any atom is 0.246 e. The van der Waals surface area contributed by atoms with Crippen LogP contribution in [0.15, 0.2) is 42.6 Å². The molecule has 0 saturated heterocycles. The lowest BCUT2D eigenvalue weighted by molar-refractivity contribution is -0.141. The van der Waals surface area contributed by atoms with Gasteiger partial charge in [0, 0.05) is 66.1 Å². The summed E-state index contributed by atoms with van der Waals surface area (Å²) >= 11 is 0. The Bertz CT molecular complexity index is 2000. The van der Waals surface area contributed by atoms with Crippen LogP contribution in [0, 0.1) is 29.1 Å². The molecule has 2 aromatic rings. The summed E-state index contributed by atoms with van der Waals surface area (Å²) in [5.74, 6) is -4.26. The van der Waals surface area contributed by atoms with Crippen LogP contribution in [0.1, 0.15) is 177 Å². The third kappa shape index (κ3) is 17.6. The molecule has 0 fully saturated rings. The fraction of sp³-hybridized carbons (Fsp3) is 0.667. The predicted molar refractivity (Wildman–Crippen MR) is 262 cm³/mol. The van der Waals surface area contributed by atoms with Gasteiger partial charge in [0.2, 0.25) is 23.4 Å². The molecule has 366 valence electrons. The van der Waals surface area contributed by atoms with Gasteiger partial charge in [0.05, 0.1) is 12.1 Å². The molecule has 66 heavy (non-hydrogen) atoms. The minimum atomic E-state index is -1.46. The first-order valence-corrected chi connectivity index (χ1v) is 24.9. The Labute approximate surface area is 394 Å². The number of benzene rings is 1. The van der Waals surface area contributed by atoms with Crippen molar-refractivity contribution in [3.05, 3.63) is 48.2 Å². The molecule has 2 amide bonds. The second-order valence-corrected chi connectivity index (χ2v) is 20.3. The molecule has 1 aromatic carbocycles. The monoisotopic (exact) mass is 915 g/mol. The number of Topliss-reactive ketones (excluding diaryl/α,β-unsaturated/α-hetero) is 6. The number of hydrogen-bond donors (Lipinski definition) is 4. The number of ketones is 6. The van der Waals surface area contributed by atoms with Crippen LogP contribution in [-0.4, -0.2) is 75.7 Å². The summed E-state index contributed by atoms with van der Waals surface area (Å²) in [5.41, 5.74) is -0.508. The highest BCUT2D eigenvalue weighted by atomic mass is 16.2. The molecule has 0 radical (unpaired) electrons. The van der Waals surface area contributed by atoms with E-state index in [1.54, 1.807) is 13.8 Å². The summed E-state index contributed by atoms with van der Waals surface area (Å²) in [5, 5.41) is 9.81. The van der Waals surface area contributed by atoms with Crippen molar-refractivity contribution in [1.82, 2.24) is 20.9 Å². The minimum absolute atomic E-state index is 0.0155. The quantitative estimate of drug-likeness (QED) is 0.0835. The molecule has 4 N–H and O–H groups in total. The number of aromatic amines is 1. The van der Waals surface area contributed by atoms with Crippen molar-refractivity contribution in [3.63, 3.8) is 0 Å². The van der Waals surface area contributed by atoms with Gasteiger partial charge >= 0.3 is 0 Å². The number of carbonyl (C=O) groups excluding carboxylic acids is 8. The van der Waals surface area contributed by atoms with Crippen molar-refractivity contribution in [1.29, 1.82) is 0 Å². The smallest absolute Gasteiger partial charge is 0.246 e. The third-order valence-corrected chi connectivity index (χ3v) is 13.7. The Morgan fingerprint density at radius 2 is 1.50 bits per heavy atom. The minimum Gasteiger partial charge on any atom is -0.361 e. The summed E-state index contributed by atoms with van der Waals surface area (Å²) in [6.45, 7) is 15.9. The van der Waals surface area contributed by atoms with Crippen molar-refractivity contribution in [2.75, 3.05) is 6.54 Å². The van der Waals surface area contributed by atoms with E-state index in [1.807, 2.05) is 58.2 Å². The van der Waals surface area contributed by atoms with E-state index in [1.165, 1.54) is 20.8 Å². The molecule has 2 unspecified atom stereocenters. The summed E-state index contributed by atoms with van der Waals surface area (Å²) in [4.78, 5) is 112. The zero-order valence-electron chi connectivity index (χ0n) is 41.7. The van der Waals surface area contributed by atoms with Gasteiger partial charge in [-0.15, -0.1) is 0 Å². The SMILES string of the molecule is CCCC[C@H](CNC(C)C(=O)C(=O)C(C)NC(=O)[C@]1(C)CCC/C=C/CCCCCC[C@@](C)(CC(C)=O)C(=O)C[C@@H](Cc2c[nH]c3ccccc23)C(=O)CC[C@@H](CC(C)C)C(=O)N1)C(C)=O. The lowest BCUT2D eigenvalue weighted by atomic mass is 9.72. The molecule has 1 aliphatic rings. The molecule has 0 bridgehead atoms. The Hall–Kier alpha value is -4.58. The number of unbranched alkanes of at least 4 members (excludes halogenated alkanes) is 1. The Kier molecular flexibility index (Phi) is 23.0. The van der Waals surface area contributed by atoms with Gasteiger partial charge in [-0.2, -0.15) is 0 Å². The fourth-order valence-corrected chi connectivity index (χ4v) is 9.36. The zero-order valence-corrected chi connectivity index (χ0v) is 41.7. The van der Waals surface area contributed by atoms with Crippen molar-refractivity contribution in [2.24, 2.45) is 29.1 Å². The maximum absolute atomic E-state index is 14.5. The standard InChI is InChI=1S/C54H82N4O8/c1-10-11-23-42(40(7)60)34-55-38(5)49(63)50(64)39(6)57-52(66)54(9)29-22-18-16-14-12-13-15-17-21-28-53(8,33-37(4)59)48(62)32-43(31-44-35-56-46-25-20-19-24-45(44)46)47(61)27-26-41(30-36(2)3)51(65)58-54/h14,16,19-20,24-25,35-36,38-39,41-43,55-56H,10-13,15,17-18,21-23,26-34H2,1-9H3,(H,57,66)(H,58,65)/b16-14+/t38?,39?,41-,42+,43+,53-,54-/m0/s1. The molecule has 12 nitrogen and oxygen atoms in total. The van der Waals surface area contributed by atoms with Crippen LogP contribution < -0.4 is 16.0 Å². The maximum atomic E-state index is 14.5. The van der Waals surface area contributed by atoms with Crippen LogP contribution in [-0.2, 0) is 44.8 Å². The predicted octanol–water partition coefficient (Wildman–Crippen LogP) is 9.25. The van der Waals surface area contributed by atoms with E-state index in [-0.39, 0.29) is 79.5 Å². The molecule has 0 aliphatic carbocycles. The van der Waals surface area contributed by atoms with Crippen LogP contribution in [0.25, 0.3) is 10.9 Å². The number of amides is 2. The highest BCUT2D eigenvalue weighted by molar-refractivity contribution is 6.41. The van der Waals surface area contributed by atoms with Gasteiger partial charge in [0.15, 0.2) is 0 Å². The summed E-state index contributed by atoms with van der Waals surface area (Å²) < 4.78 is 0. The van der Waals surface area contributed by atoms with Crippen LogP contribution in [0.4, 0.5) is 0 Å². The van der Waals surface area contributed by atoms with Gasteiger partial charge in [0.25, 0.3) is 0 Å². The van der Waals surface area contributed by atoms with Crippen molar-refractivity contribution in [2.45, 2.75) is 196 Å². The van der Waals surface area contributed by atoms with Gasteiger partial charge in [0.1, 0.15) is 28.7 Å². The molecule has 3 rings (SSSR count). The van der Waals surface area contributed by atoms with Gasteiger partial charge in [-0.05, 0) is 116 Å². The number of rotatable bonds is 18. The zero-order chi connectivity index (χ0) is 49.0. The Morgan fingerprint density at radius 3 is 2.17 bits per heavy atom. The molecule has 2 heterocycles. The van der Waals surface area contributed by atoms with E-state index in [0.29, 0.717) is 38.5 Å². The van der Waals surface area contributed by atoms with E-state index in [4.69, 9.17) is 0 Å². The molecule has 0 spiro atoms. The number of nitrogens with one attached hydrogen (secondary N) is 4. The average molecular weight is 915 g/mol. The number of para-hydroxylation sites is 1. The second-order valence-electron chi connectivity index (χ2n) is 20.3. The van der Waals surface area contributed by atoms with Gasteiger partial charge < -0.3 is 20.9 Å². The largest absolute Gasteiger partial charge is 0.361 e. The number of carbonyl (C=O) groups is 8. The van der Waals surface area contributed by atoms with E-state index < -0.39 is 52.3 Å². The summed E-state index contributed by atoms with van der Waals surface area (Å²) in [6.07, 6.45) is 16.2. The Morgan fingerprint density at radius 1 is 0.833 bits per heavy atom. The normalized spacial score (nSPS) is 24.3. The summed E-state index contributed by atoms with van der Waals surface area (Å²) in [7, 11) is 0. The molecule has 1 aliphatic heterocycles. The van der Waals surface area contributed by atoms with Gasteiger partial charge in [-0.1, -0.05) is 90.2 Å². The van der Waals surface area contributed by atoms with E-state index in [0.717, 1.165) is 61.4 Å². The summed E-state index contributed by atoms with van der Waals surface area (Å²) in [6, 6.07) is 5.77. The lowest BCUT2D eigenvalue weighted by Gasteiger charge is -2.33. The topological polar surface area (TPSA) is 188 Å². The number of aromatic nitrogens is 1. The van der Waals surface area contributed by atoms with Crippen LogP contribution in [0.2, 0.25) is 0 Å². The highest BCUT2D eigenvalue weighted by Crippen LogP contribution is 2.35. The van der Waals surface area contributed by atoms with E-state index in [9.17, 15) is 38.4 Å². The molecule has 7 atom stereocenters. The molecule has 12 heteroatoms. The van der Waals surface area contributed by atoms with Gasteiger partial charge in [-0.3, -0.25) is 38.4 Å². The van der Waals surface area contributed by atoms with Crippen LogP contribution in [0.5, 0.6) is 0 Å². The lowest BCUT2D eigenvalue weighted by Crippen LogP contribution is -2.60. The van der Waals surface area contributed by atoms with Crippen molar-refractivity contribution in [3.8, 4) is 0 Å². The van der Waals surface area contributed by atoms with Gasteiger partial charge in [-0.25, -0.2) is 0 Å². The number of allylic oxidation sites excluding steroid dienone is 2. The second kappa shape index (κ2) is 27.3. The molecular formula is C54H82N4O8. The first-order chi connectivity index (χ1) is 31.2. The number of H-pyrrole nitrogens is 1. The molecule has 0 saturated carbocycles. The molecule has 1 aromatic heterocycles. The number of hydrogen-bond acceptors (Lipinski definition) is 9. The Balaban J connectivity index is 1.91. The molecular weight excluding hydrogens is 833 g/mol. The van der Waals surface area contributed by atoms with E-state index >= 15 is 0 Å². The fourth-order valence-electron chi connectivity index (χ4n) is 9.36. The van der Waals surface area contributed by atoms with Crippen molar-refractivity contribution >= 4 is 57.4 Å². The first-order valence-electron chi connectivity index (χ1n) is 24.9. The third-order valence-electron chi connectivity index (χ3n) is 13.7. The van der Waals surface area contributed by atoms with Crippen LogP contribution in [0.3, 0.4) is 0 Å². The average Bonchev–Trinajstić information content (AvgIpc) is 3.67. The van der Waals surface area contributed by atoms with E-state index in [2.05, 4.69) is 33.1 Å². The first kappa shape index (κ1) is 55.7. The highest BCUT2D eigenvalue weighted by Gasteiger charge is 2.40. The van der Waals surface area contributed by atoms with Crippen molar-refractivity contribution < 1.29 is 38.4 Å². The number of fused-ring (bicyclic) bond motifs is 1.